The molecule has 0 aliphatic carbocycles. The monoisotopic (exact) mass is 190 g/mol. The highest BCUT2D eigenvalue weighted by atomic mass is 16.5. The third-order valence-corrected chi connectivity index (χ3v) is 2.12. The summed E-state index contributed by atoms with van der Waals surface area (Å²) >= 11 is 0. The zero-order chi connectivity index (χ0) is 10.6. The van der Waals surface area contributed by atoms with Crippen LogP contribution in [0.1, 0.15) is 30.2 Å². The number of aryl methyl sites for hydroxylation is 2. The molecule has 0 aliphatic rings. The number of hydrogen-bond donors (Lipinski definition) is 0. The number of hydrogen-bond acceptors (Lipinski definition) is 3. The highest BCUT2D eigenvalue weighted by molar-refractivity contribution is 5.42. The van der Waals surface area contributed by atoms with Gasteiger partial charge in [-0.2, -0.15) is 5.26 Å². The first kappa shape index (κ1) is 10.5. The maximum absolute atomic E-state index is 8.86. The Bertz CT molecular complexity index is 366. The van der Waals surface area contributed by atoms with Gasteiger partial charge >= 0.3 is 0 Å². The molecule has 0 atom stereocenters. The van der Waals surface area contributed by atoms with Crippen molar-refractivity contribution in [1.29, 1.82) is 5.26 Å². The summed E-state index contributed by atoms with van der Waals surface area (Å²) in [5.74, 6) is 0.421. The lowest BCUT2D eigenvalue weighted by Gasteiger charge is -2.07. The largest absolute Gasteiger partial charge is 0.480 e. The molecule has 0 saturated heterocycles. The van der Waals surface area contributed by atoms with Gasteiger partial charge in [0.1, 0.15) is 11.6 Å². The number of rotatable bonds is 3. The van der Waals surface area contributed by atoms with Crippen molar-refractivity contribution >= 4 is 0 Å². The number of methoxy groups -OCH3 is 1. The molecule has 0 spiro atoms. The number of pyridine rings is 1. The molecule has 0 saturated carbocycles. The summed E-state index contributed by atoms with van der Waals surface area (Å²) < 4.78 is 5.02. The van der Waals surface area contributed by atoms with Crippen LogP contribution in [0.2, 0.25) is 0 Å². The number of nitriles is 1. The zero-order valence-electron chi connectivity index (χ0n) is 8.79. The molecule has 74 valence electrons. The van der Waals surface area contributed by atoms with Crippen LogP contribution in [0.3, 0.4) is 0 Å². The van der Waals surface area contributed by atoms with Gasteiger partial charge in [0.25, 0.3) is 0 Å². The van der Waals surface area contributed by atoms with E-state index in [1.807, 2.05) is 13.0 Å². The molecule has 1 aromatic heterocycles. The Kier molecular flexibility index (Phi) is 3.47. The van der Waals surface area contributed by atoms with E-state index in [0.717, 1.165) is 24.1 Å². The van der Waals surface area contributed by atoms with Gasteiger partial charge in [-0.25, -0.2) is 4.98 Å². The standard InChI is InChI=1S/C11H14N2O/c1-4-5-9-6-10(7-12)11(14-3)13-8(9)2/h6H,4-5H2,1-3H3. The quantitative estimate of drug-likeness (QED) is 0.734. The van der Waals surface area contributed by atoms with Crippen LogP contribution in [0.15, 0.2) is 6.07 Å². The lowest BCUT2D eigenvalue weighted by atomic mass is 10.1. The normalized spacial score (nSPS) is 9.57. The van der Waals surface area contributed by atoms with Gasteiger partial charge in [0.15, 0.2) is 0 Å². The average molecular weight is 190 g/mol. The van der Waals surface area contributed by atoms with Crippen molar-refractivity contribution in [2.75, 3.05) is 7.11 Å². The molecule has 0 bridgehead atoms. The number of aromatic nitrogens is 1. The van der Waals surface area contributed by atoms with Crippen molar-refractivity contribution in [3.63, 3.8) is 0 Å². The van der Waals surface area contributed by atoms with Gasteiger partial charge < -0.3 is 4.74 Å². The maximum Gasteiger partial charge on any atom is 0.231 e. The molecule has 0 N–H and O–H groups in total. The van der Waals surface area contributed by atoms with E-state index in [9.17, 15) is 0 Å². The van der Waals surface area contributed by atoms with Gasteiger partial charge in [-0.1, -0.05) is 13.3 Å². The Morgan fingerprint density at radius 3 is 2.79 bits per heavy atom. The Labute approximate surface area is 84.3 Å². The lowest BCUT2D eigenvalue weighted by molar-refractivity contribution is 0.395. The minimum Gasteiger partial charge on any atom is -0.480 e. The molecule has 0 amide bonds. The molecule has 0 aliphatic heterocycles. The fourth-order valence-electron chi connectivity index (χ4n) is 1.38. The summed E-state index contributed by atoms with van der Waals surface area (Å²) in [6.45, 7) is 4.05. The Hall–Kier alpha value is -1.56. The van der Waals surface area contributed by atoms with Crippen LogP contribution in [-0.4, -0.2) is 12.1 Å². The van der Waals surface area contributed by atoms with Crippen molar-refractivity contribution < 1.29 is 4.74 Å². The fraction of sp³-hybridized carbons (Fsp3) is 0.455. The Morgan fingerprint density at radius 1 is 1.57 bits per heavy atom. The minimum atomic E-state index is 0.421. The van der Waals surface area contributed by atoms with Gasteiger partial charge in [0.05, 0.1) is 7.11 Å². The van der Waals surface area contributed by atoms with Crippen LogP contribution in [0.5, 0.6) is 5.88 Å². The number of ether oxygens (including phenoxy) is 1. The summed E-state index contributed by atoms with van der Waals surface area (Å²) in [5.41, 5.74) is 2.59. The molecule has 14 heavy (non-hydrogen) atoms. The smallest absolute Gasteiger partial charge is 0.231 e. The van der Waals surface area contributed by atoms with E-state index in [4.69, 9.17) is 10.00 Å². The van der Waals surface area contributed by atoms with Gasteiger partial charge in [0, 0.05) is 5.69 Å². The van der Waals surface area contributed by atoms with E-state index in [2.05, 4.69) is 18.0 Å². The molecule has 1 rings (SSSR count). The predicted molar refractivity (Wildman–Crippen MR) is 54.2 cm³/mol. The molecule has 1 heterocycles. The van der Waals surface area contributed by atoms with E-state index >= 15 is 0 Å². The first-order valence-corrected chi connectivity index (χ1v) is 4.67. The van der Waals surface area contributed by atoms with Crippen molar-refractivity contribution in [2.24, 2.45) is 0 Å². The van der Waals surface area contributed by atoms with Crippen LogP contribution >= 0.6 is 0 Å². The van der Waals surface area contributed by atoms with Crippen molar-refractivity contribution in [1.82, 2.24) is 4.98 Å². The van der Waals surface area contributed by atoms with E-state index in [1.54, 1.807) is 0 Å². The summed E-state index contributed by atoms with van der Waals surface area (Å²) in [7, 11) is 1.53. The van der Waals surface area contributed by atoms with Crippen LogP contribution < -0.4 is 4.74 Å². The summed E-state index contributed by atoms with van der Waals surface area (Å²) in [6, 6.07) is 3.95. The summed E-state index contributed by atoms with van der Waals surface area (Å²) in [6.07, 6.45) is 2.01. The van der Waals surface area contributed by atoms with Gasteiger partial charge in [-0.05, 0) is 25.0 Å². The van der Waals surface area contributed by atoms with E-state index in [-0.39, 0.29) is 0 Å². The average Bonchev–Trinajstić information content (AvgIpc) is 2.20. The topological polar surface area (TPSA) is 45.9 Å². The van der Waals surface area contributed by atoms with Crippen molar-refractivity contribution in [2.45, 2.75) is 26.7 Å². The van der Waals surface area contributed by atoms with Crippen molar-refractivity contribution in [3.05, 3.63) is 22.9 Å². The van der Waals surface area contributed by atoms with Crippen molar-refractivity contribution in [3.8, 4) is 11.9 Å². The van der Waals surface area contributed by atoms with Crippen LogP contribution in [0.25, 0.3) is 0 Å². The molecule has 0 unspecified atom stereocenters. The molecule has 3 nitrogen and oxygen atoms in total. The number of nitrogens with zero attached hydrogens (tertiary/aromatic N) is 2. The Morgan fingerprint density at radius 2 is 2.29 bits per heavy atom. The molecule has 1 aromatic rings. The van der Waals surface area contributed by atoms with Gasteiger partial charge in [-0.15, -0.1) is 0 Å². The van der Waals surface area contributed by atoms with Crippen LogP contribution in [0.4, 0.5) is 0 Å². The van der Waals surface area contributed by atoms with Gasteiger partial charge in [0.2, 0.25) is 5.88 Å². The second-order valence-electron chi connectivity index (χ2n) is 3.15. The molecule has 3 heteroatoms. The zero-order valence-corrected chi connectivity index (χ0v) is 8.79. The second kappa shape index (κ2) is 4.61. The fourth-order valence-corrected chi connectivity index (χ4v) is 1.38. The van der Waals surface area contributed by atoms with E-state index in [0.29, 0.717) is 11.4 Å². The van der Waals surface area contributed by atoms with Crippen LogP contribution in [0, 0.1) is 18.3 Å². The van der Waals surface area contributed by atoms with Crippen LogP contribution in [-0.2, 0) is 6.42 Å². The lowest BCUT2D eigenvalue weighted by Crippen LogP contribution is -1.99. The minimum absolute atomic E-state index is 0.421. The van der Waals surface area contributed by atoms with E-state index < -0.39 is 0 Å². The predicted octanol–water partition coefficient (Wildman–Crippen LogP) is 2.22. The highest BCUT2D eigenvalue weighted by Gasteiger charge is 2.08. The molecular weight excluding hydrogens is 176 g/mol. The first-order valence-electron chi connectivity index (χ1n) is 4.67. The molecular formula is C11H14N2O. The highest BCUT2D eigenvalue weighted by Crippen LogP contribution is 2.19. The first-order chi connectivity index (χ1) is 6.72. The maximum atomic E-state index is 8.86. The third kappa shape index (κ3) is 2.02. The third-order valence-electron chi connectivity index (χ3n) is 2.12. The van der Waals surface area contributed by atoms with E-state index in [1.165, 1.54) is 7.11 Å². The van der Waals surface area contributed by atoms with Gasteiger partial charge in [-0.3, -0.25) is 0 Å². The summed E-state index contributed by atoms with van der Waals surface area (Å²) in [4.78, 5) is 4.24. The molecule has 0 aromatic carbocycles. The SMILES string of the molecule is CCCc1cc(C#N)c(OC)nc1C. The second-order valence-corrected chi connectivity index (χ2v) is 3.15. The summed E-state index contributed by atoms with van der Waals surface area (Å²) in [5, 5.41) is 8.86. The molecule has 0 fully saturated rings. The Balaban J connectivity index is 3.18. The molecule has 0 radical (unpaired) electrons.